The van der Waals surface area contributed by atoms with E-state index in [1.807, 2.05) is 11.6 Å². The minimum absolute atomic E-state index is 0.460. The summed E-state index contributed by atoms with van der Waals surface area (Å²) in [5, 5.41) is 3.63. The maximum Gasteiger partial charge on any atom is 0.0798 e. The number of hydrogen-bond donors (Lipinski definition) is 2. The van der Waals surface area contributed by atoms with Gasteiger partial charge in [-0.1, -0.05) is 6.07 Å². The molecule has 1 aromatic carbocycles. The van der Waals surface area contributed by atoms with Crippen molar-refractivity contribution in [3.8, 4) is 0 Å². The average molecular weight is 259 g/mol. The number of aromatic nitrogens is 1. The van der Waals surface area contributed by atoms with Crippen LogP contribution in [0.15, 0.2) is 23.7 Å². The number of nitrogens with one attached hydrogen (secondary N) is 1. The second-order valence-corrected chi connectivity index (χ2v) is 5.73. The number of fused-ring (bicyclic) bond motifs is 1. The monoisotopic (exact) mass is 259 g/mol. The maximum atomic E-state index is 5.82. The van der Waals surface area contributed by atoms with Crippen LogP contribution >= 0.6 is 11.3 Å². The number of anilines is 1. The molecule has 0 aliphatic heterocycles. The van der Waals surface area contributed by atoms with E-state index in [2.05, 4.69) is 29.4 Å². The van der Waals surface area contributed by atoms with E-state index in [9.17, 15) is 0 Å². The maximum absolute atomic E-state index is 5.82. The minimum Gasteiger partial charge on any atom is -0.399 e. The van der Waals surface area contributed by atoms with Gasteiger partial charge in [-0.25, -0.2) is 4.98 Å². The Bertz CT molecular complexity index is 562. The fraction of sp³-hybridized carbons (Fsp3) is 0.357. The zero-order valence-electron chi connectivity index (χ0n) is 10.4. The van der Waals surface area contributed by atoms with Gasteiger partial charge >= 0.3 is 0 Å². The van der Waals surface area contributed by atoms with Gasteiger partial charge in [0, 0.05) is 23.2 Å². The van der Waals surface area contributed by atoms with Crippen LogP contribution in [0, 0.1) is 6.92 Å². The van der Waals surface area contributed by atoms with Crippen molar-refractivity contribution in [3.05, 3.63) is 45.4 Å². The third-order valence-corrected chi connectivity index (χ3v) is 4.53. The van der Waals surface area contributed by atoms with E-state index in [0.717, 1.165) is 30.8 Å². The zero-order chi connectivity index (χ0) is 12.5. The van der Waals surface area contributed by atoms with Gasteiger partial charge in [-0.3, -0.25) is 0 Å². The summed E-state index contributed by atoms with van der Waals surface area (Å²) in [5.74, 6) is 0. The molecule has 3 rings (SSSR count). The van der Waals surface area contributed by atoms with Gasteiger partial charge in [0.25, 0.3) is 0 Å². The molecule has 1 aliphatic rings. The highest BCUT2D eigenvalue weighted by Gasteiger charge is 2.22. The minimum atomic E-state index is 0.460. The summed E-state index contributed by atoms with van der Waals surface area (Å²) in [6, 6.07) is 6.72. The predicted octanol–water partition coefficient (Wildman–Crippen LogP) is 2.81. The highest BCUT2D eigenvalue weighted by atomic mass is 32.1. The molecule has 1 heterocycles. The lowest BCUT2D eigenvalue weighted by Gasteiger charge is -2.13. The third kappa shape index (κ3) is 2.13. The van der Waals surface area contributed by atoms with E-state index in [-0.39, 0.29) is 0 Å². The molecular formula is C14H17N3S. The average Bonchev–Trinajstić information content (AvgIpc) is 2.93. The van der Waals surface area contributed by atoms with Crippen molar-refractivity contribution >= 4 is 17.0 Å². The van der Waals surface area contributed by atoms with Crippen molar-refractivity contribution < 1.29 is 0 Å². The van der Waals surface area contributed by atoms with Gasteiger partial charge < -0.3 is 11.1 Å². The van der Waals surface area contributed by atoms with Crippen LogP contribution in [0.2, 0.25) is 0 Å². The molecule has 0 amide bonds. The summed E-state index contributed by atoms with van der Waals surface area (Å²) in [6.07, 6.45) is 2.29. The van der Waals surface area contributed by atoms with E-state index in [0.29, 0.717) is 6.04 Å². The van der Waals surface area contributed by atoms with E-state index < -0.39 is 0 Å². The standard InChI is InChI=1S/C14H17N3S/c1-9-14(18-8-17-9)7-16-13-5-2-10-6-11(15)3-4-12(10)13/h3-4,6,8,13,16H,2,5,7,15H2,1H3. The molecule has 1 atom stereocenters. The molecule has 1 unspecified atom stereocenters. The quantitative estimate of drug-likeness (QED) is 0.833. The number of nitrogen functional groups attached to an aromatic ring is 1. The molecule has 3 N–H and O–H groups in total. The first-order chi connectivity index (χ1) is 8.74. The fourth-order valence-electron chi connectivity index (χ4n) is 2.56. The fourth-order valence-corrected chi connectivity index (χ4v) is 3.29. The number of nitrogens with zero attached hydrogens (tertiary/aromatic N) is 1. The molecular weight excluding hydrogens is 242 g/mol. The summed E-state index contributed by atoms with van der Waals surface area (Å²) < 4.78 is 0. The zero-order valence-corrected chi connectivity index (χ0v) is 11.3. The highest BCUT2D eigenvalue weighted by molar-refractivity contribution is 7.09. The van der Waals surface area contributed by atoms with Gasteiger partial charge in [-0.05, 0) is 43.0 Å². The number of benzene rings is 1. The summed E-state index contributed by atoms with van der Waals surface area (Å²) in [7, 11) is 0. The van der Waals surface area contributed by atoms with Crippen LogP contribution in [0.1, 0.15) is 34.2 Å². The summed E-state index contributed by atoms with van der Waals surface area (Å²) in [4.78, 5) is 5.61. The molecule has 0 bridgehead atoms. The van der Waals surface area contributed by atoms with Crippen LogP contribution in [0.5, 0.6) is 0 Å². The number of hydrogen-bond acceptors (Lipinski definition) is 4. The molecule has 0 saturated carbocycles. The Kier molecular flexibility index (Phi) is 3.06. The van der Waals surface area contributed by atoms with Crippen LogP contribution < -0.4 is 11.1 Å². The summed E-state index contributed by atoms with van der Waals surface area (Å²) in [6.45, 7) is 2.97. The second-order valence-electron chi connectivity index (χ2n) is 4.79. The largest absolute Gasteiger partial charge is 0.399 e. The molecule has 0 saturated heterocycles. The number of rotatable bonds is 3. The topological polar surface area (TPSA) is 50.9 Å². The SMILES string of the molecule is Cc1ncsc1CNC1CCc2cc(N)ccc21. The lowest BCUT2D eigenvalue weighted by Crippen LogP contribution is -2.18. The molecule has 4 heteroatoms. The highest BCUT2D eigenvalue weighted by Crippen LogP contribution is 2.32. The van der Waals surface area contributed by atoms with Gasteiger partial charge in [0.05, 0.1) is 11.2 Å². The van der Waals surface area contributed by atoms with Crippen LogP contribution in [0.3, 0.4) is 0 Å². The molecule has 1 aromatic heterocycles. The molecule has 2 aromatic rings. The van der Waals surface area contributed by atoms with Crippen molar-refractivity contribution in [2.24, 2.45) is 0 Å². The van der Waals surface area contributed by atoms with E-state index in [4.69, 9.17) is 5.73 Å². The summed E-state index contributed by atoms with van der Waals surface area (Å²) >= 11 is 1.72. The molecule has 0 spiro atoms. The van der Waals surface area contributed by atoms with Gasteiger partial charge in [0.15, 0.2) is 0 Å². The lowest BCUT2D eigenvalue weighted by atomic mass is 10.1. The van der Waals surface area contributed by atoms with Gasteiger partial charge in [-0.2, -0.15) is 0 Å². The first-order valence-corrected chi connectivity index (χ1v) is 7.12. The second kappa shape index (κ2) is 4.71. The van der Waals surface area contributed by atoms with E-state index in [1.165, 1.54) is 16.0 Å². The Labute approximate surface area is 111 Å². The van der Waals surface area contributed by atoms with Gasteiger partial charge in [0.1, 0.15) is 0 Å². The van der Waals surface area contributed by atoms with Crippen LogP contribution in [-0.2, 0) is 13.0 Å². The predicted molar refractivity (Wildman–Crippen MR) is 75.6 cm³/mol. The van der Waals surface area contributed by atoms with Gasteiger partial charge in [-0.15, -0.1) is 11.3 Å². The molecule has 94 valence electrons. The first kappa shape index (κ1) is 11.7. The third-order valence-electron chi connectivity index (χ3n) is 3.60. The smallest absolute Gasteiger partial charge is 0.0798 e. The van der Waals surface area contributed by atoms with E-state index >= 15 is 0 Å². The van der Waals surface area contributed by atoms with Gasteiger partial charge in [0.2, 0.25) is 0 Å². The Morgan fingerprint density at radius 1 is 1.50 bits per heavy atom. The number of thiazole rings is 1. The Morgan fingerprint density at radius 2 is 2.39 bits per heavy atom. The van der Waals surface area contributed by atoms with Crippen molar-refractivity contribution in [1.29, 1.82) is 0 Å². The number of nitrogens with two attached hydrogens (primary N) is 1. The first-order valence-electron chi connectivity index (χ1n) is 6.24. The number of aryl methyl sites for hydroxylation is 2. The molecule has 18 heavy (non-hydrogen) atoms. The van der Waals surface area contributed by atoms with E-state index in [1.54, 1.807) is 11.3 Å². The normalized spacial score (nSPS) is 17.9. The van der Waals surface area contributed by atoms with Crippen molar-refractivity contribution in [3.63, 3.8) is 0 Å². The van der Waals surface area contributed by atoms with Crippen LogP contribution in [0.25, 0.3) is 0 Å². The van der Waals surface area contributed by atoms with Crippen molar-refractivity contribution in [2.75, 3.05) is 5.73 Å². The molecule has 1 aliphatic carbocycles. The molecule has 0 radical (unpaired) electrons. The van der Waals surface area contributed by atoms with Crippen molar-refractivity contribution in [1.82, 2.24) is 10.3 Å². The Balaban J connectivity index is 1.71. The van der Waals surface area contributed by atoms with Crippen LogP contribution in [-0.4, -0.2) is 4.98 Å². The lowest BCUT2D eigenvalue weighted by molar-refractivity contribution is 0.532. The van der Waals surface area contributed by atoms with Crippen LogP contribution in [0.4, 0.5) is 5.69 Å². The summed E-state index contributed by atoms with van der Waals surface area (Å²) in [5.41, 5.74) is 12.5. The van der Waals surface area contributed by atoms with Crippen molar-refractivity contribution in [2.45, 2.75) is 32.4 Å². The Morgan fingerprint density at radius 3 is 3.17 bits per heavy atom. The molecule has 3 nitrogen and oxygen atoms in total. The Hall–Kier alpha value is -1.39. The molecule has 0 fully saturated rings.